The van der Waals surface area contributed by atoms with E-state index in [-0.39, 0.29) is 22.3 Å². The number of halogens is 2. The quantitative estimate of drug-likeness (QED) is 0.635. The monoisotopic (exact) mass is 329 g/mol. The van der Waals surface area contributed by atoms with Crippen LogP contribution in [0.25, 0.3) is 0 Å². The van der Waals surface area contributed by atoms with Crippen molar-refractivity contribution in [3.8, 4) is 11.6 Å². The van der Waals surface area contributed by atoms with Gasteiger partial charge in [-0.1, -0.05) is 17.7 Å². The average Bonchev–Trinajstić information content (AvgIpc) is 2.34. The Morgan fingerprint density at radius 1 is 1.33 bits per heavy atom. The van der Waals surface area contributed by atoms with Gasteiger partial charge in [-0.05, 0) is 22.0 Å². The molecule has 6 nitrogen and oxygen atoms in total. The summed E-state index contributed by atoms with van der Waals surface area (Å²) in [5, 5.41) is 11.0. The van der Waals surface area contributed by atoms with Crippen LogP contribution in [-0.2, 0) is 0 Å². The molecule has 0 spiro atoms. The Balaban J connectivity index is 2.39. The largest absolute Gasteiger partial charge is 0.429 e. The molecule has 0 amide bonds. The van der Waals surface area contributed by atoms with Crippen molar-refractivity contribution in [3.63, 3.8) is 0 Å². The highest BCUT2D eigenvalue weighted by Crippen LogP contribution is 2.36. The van der Waals surface area contributed by atoms with Gasteiger partial charge in [0.2, 0.25) is 11.6 Å². The van der Waals surface area contributed by atoms with Gasteiger partial charge in [-0.15, -0.1) is 0 Å². The first-order chi connectivity index (χ1) is 8.58. The van der Waals surface area contributed by atoms with Crippen LogP contribution in [-0.4, -0.2) is 14.9 Å². The number of hydrogen-bond acceptors (Lipinski definition) is 5. The molecule has 0 bridgehead atoms. The smallest absolute Gasteiger partial charge is 0.313 e. The zero-order valence-electron chi connectivity index (χ0n) is 8.71. The summed E-state index contributed by atoms with van der Waals surface area (Å²) in [5.74, 6) is 0.0650. The SMILES string of the molecule is O=[N+]([O-])c1cccc(Cl)c1Oc1cnc(Br)cn1. The van der Waals surface area contributed by atoms with Crippen molar-refractivity contribution in [3.05, 3.63) is 50.3 Å². The zero-order valence-corrected chi connectivity index (χ0v) is 11.1. The van der Waals surface area contributed by atoms with Gasteiger partial charge in [0, 0.05) is 6.07 Å². The molecule has 0 saturated heterocycles. The number of benzene rings is 1. The molecule has 0 aliphatic rings. The number of rotatable bonds is 3. The second-order valence-corrected chi connectivity index (χ2v) is 4.34. The van der Waals surface area contributed by atoms with Gasteiger partial charge in [0.15, 0.2) is 0 Å². The maximum absolute atomic E-state index is 10.8. The van der Waals surface area contributed by atoms with E-state index >= 15 is 0 Å². The van der Waals surface area contributed by atoms with E-state index < -0.39 is 4.92 Å². The number of hydrogen-bond donors (Lipinski definition) is 0. The normalized spacial score (nSPS) is 10.1. The average molecular weight is 331 g/mol. The molecule has 0 radical (unpaired) electrons. The summed E-state index contributed by atoms with van der Waals surface area (Å²) in [4.78, 5) is 18.1. The Labute approximate surface area is 115 Å². The lowest BCUT2D eigenvalue weighted by molar-refractivity contribution is -0.385. The fourth-order valence-electron chi connectivity index (χ4n) is 1.20. The molecule has 0 aliphatic heterocycles. The summed E-state index contributed by atoms with van der Waals surface area (Å²) in [6.07, 6.45) is 2.75. The molecule has 2 rings (SSSR count). The molecule has 1 aromatic heterocycles. The predicted molar refractivity (Wildman–Crippen MR) is 67.9 cm³/mol. The van der Waals surface area contributed by atoms with Gasteiger partial charge in [0.1, 0.15) is 4.60 Å². The molecule has 1 aromatic carbocycles. The topological polar surface area (TPSA) is 78.2 Å². The highest BCUT2D eigenvalue weighted by Gasteiger charge is 2.19. The van der Waals surface area contributed by atoms with Crippen LogP contribution in [0.2, 0.25) is 5.02 Å². The molecule has 92 valence electrons. The van der Waals surface area contributed by atoms with Crippen molar-refractivity contribution in [2.75, 3.05) is 0 Å². The van der Waals surface area contributed by atoms with Crippen molar-refractivity contribution in [2.24, 2.45) is 0 Å². The van der Waals surface area contributed by atoms with E-state index in [1.165, 1.54) is 30.6 Å². The van der Waals surface area contributed by atoms with Crippen LogP contribution in [0.1, 0.15) is 0 Å². The number of para-hydroxylation sites is 1. The molecule has 0 aliphatic carbocycles. The Hall–Kier alpha value is -1.73. The number of nitro benzene ring substituents is 1. The molecule has 0 fully saturated rings. The molecule has 0 atom stereocenters. The van der Waals surface area contributed by atoms with Crippen molar-refractivity contribution in [1.29, 1.82) is 0 Å². The summed E-state index contributed by atoms with van der Waals surface area (Å²) < 4.78 is 5.82. The lowest BCUT2D eigenvalue weighted by Gasteiger charge is -2.06. The first-order valence-corrected chi connectivity index (χ1v) is 5.83. The van der Waals surface area contributed by atoms with Crippen LogP contribution in [0, 0.1) is 10.1 Å². The molecule has 0 N–H and O–H groups in total. The number of nitrogens with zero attached hydrogens (tertiary/aromatic N) is 3. The second kappa shape index (κ2) is 5.28. The minimum atomic E-state index is -0.576. The molecular weight excluding hydrogens is 325 g/mol. The van der Waals surface area contributed by atoms with Crippen molar-refractivity contribution in [2.45, 2.75) is 0 Å². The molecular formula is C10H5BrClN3O3. The fraction of sp³-hybridized carbons (Fsp3) is 0. The van der Waals surface area contributed by atoms with Gasteiger partial charge >= 0.3 is 5.69 Å². The molecule has 0 unspecified atom stereocenters. The molecule has 8 heteroatoms. The van der Waals surface area contributed by atoms with Gasteiger partial charge in [-0.25, -0.2) is 9.97 Å². The maximum Gasteiger partial charge on any atom is 0.313 e. The third kappa shape index (κ3) is 2.74. The van der Waals surface area contributed by atoms with Gasteiger partial charge in [-0.2, -0.15) is 0 Å². The third-order valence-corrected chi connectivity index (χ3v) is 2.65. The summed E-state index contributed by atoms with van der Waals surface area (Å²) >= 11 is 8.99. The standard InChI is InChI=1S/C10H5BrClN3O3/c11-8-4-14-9(5-13-8)18-10-6(12)2-1-3-7(10)15(16)17/h1-5H. The van der Waals surface area contributed by atoms with Gasteiger partial charge < -0.3 is 4.74 Å². The van der Waals surface area contributed by atoms with E-state index in [1.807, 2.05) is 0 Å². The van der Waals surface area contributed by atoms with E-state index in [0.29, 0.717) is 4.60 Å². The van der Waals surface area contributed by atoms with Gasteiger partial charge in [0.25, 0.3) is 0 Å². The lowest BCUT2D eigenvalue weighted by atomic mass is 10.3. The van der Waals surface area contributed by atoms with Gasteiger partial charge in [-0.3, -0.25) is 10.1 Å². The van der Waals surface area contributed by atoms with E-state index in [4.69, 9.17) is 16.3 Å². The van der Waals surface area contributed by atoms with Crippen LogP contribution in [0.3, 0.4) is 0 Å². The van der Waals surface area contributed by atoms with Gasteiger partial charge in [0.05, 0.1) is 22.3 Å². The Bertz CT molecular complexity index is 591. The highest BCUT2D eigenvalue weighted by atomic mass is 79.9. The predicted octanol–water partition coefficient (Wildman–Crippen LogP) is 3.59. The summed E-state index contributed by atoms with van der Waals surface area (Å²) in [6.45, 7) is 0. The lowest BCUT2D eigenvalue weighted by Crippen LogP contribution is -1.95. The van der Waals surface area contributed by atoms with E-state index in [1.54, 1.807) is 0 Å². The summed E-state index contributed by atoms with van der Waals surface area (Å²) in [6, 6.07) is 4.27. The Morgan fingerprint density at radius 3 is 2.72 bits per heavy atom. The highest BCUT2D eigenvalue weighted by molar-refractivity contribution is 9.10. The summed E-state index contributed by atoms with van der Waals surface area (Å²) in [7, 11) is 0. The van der Waals surface area contributed by atoms with Crippen LogP contribution in [0.4, 0.5) is 5.69 Å². The third-order valence-electron chi connectivity index (χ3n) is 1.95. The number of nitro groups is 1. The maximum atomic E-state index is 10.8. The zero-order chi connectivity index (χ0) is 13.1. The van der Waals surface area contributed by atoms with Crippen molar-refractivity contribution in [1.82, 2.24) is 9.97 Å². The van der Waals surface area contributed by atoms with Crippen LogP contribution < -0.4 is 4.74 Å². The van der Waals surface area contributed by atoms with E-state index in [0.717, 1.165) is 0 Å². The van der Waals surface area contributed by atoms with Crippen LogP contribution >= 0.6 is 27.5 Å². The van der Waals surface area contributed by atoms with E-state index in [2.05, 4.69) is 25.9 Å². The minimum Gasteiger partial charge on any atom is -0.429 e. The van der Waals surface area contributed by atoms with Crippen LogP contribution in [0.5, 0.6) is 11.6 Å². The van der Waals surface area contributed by atoms with E-state index in [9.17, 15) is 10.1 Å². The Morgan fingerprint density at radius 2 is 2.11 bits per heavy atom. The first kappa shape index (κ1) is 12.7. The first-order valence-electron chi connectivity index (χ1n) is 4.66. The number of aromatic nitrogens is 2. The molecule has 18 heavy (non-hydrogen) atoms. The van der Waals surface area contributed by atoms with Crippen LogP contribution in [0.15, 0.2) is 35.2 Å². The van der Waals surface area contributed by atoms with Crippen molar-refractivity contribution < 1.29 is 9.66 Å². The fourth-order valence-corrected chi connectivity index (χ4v) is 1.61. The second-order valence-electron chi connectivity index (χ2n) is 3.12. The molecule has 2 aromatic rings. The Kier molecular flexibility index (Phi) is 3.73. The van der Waals surface area contributed by atoms with Crippen molar-refractivity contribution >= 4 is 33.2 Å². The minimum absolute atomic E-state index is 0.0548. The summed E-state index contributed by atoms with van der Waals surface area (Å²) in [5.41, 5.74) is -0.229. The number of ether oxygens (including phenoxy) is 1. The molecule has 0 saturated carbocycles. The molecule has 1 heterocycles.